The maximum atomic E-state index is 12.9. The molecule has 0 saturated heterocycles. The van der Waals surface area contributed by atoms with E-state index in [0.717, 1.165) is 89.9 Å². The molecule has 0 rings (SSSR count). The molecule has 0 radical (unpaired) electrons. The van der Waals surface area contributed by atoms with Gasteiger partial charge in [0.2, 0.25) is 0 Å². The van der Waals surface area contributed by atoms with E-state index in [9.17, 15) is 14.4 Å². The van der Waals surface area contributed by atoms with Crippen LogP contribution >= 0.6 is 0 Å². The molecule has 0 heterocycles. The molecule has 1 atom stereocenters. The van der Waals surface area contributed by atoms with E-state index in [1.54, 1.807) is 0 Å². The Labute approximate surface area is 498 Å². The minimum absolute atomic E-state index is 0.0749. The van der Waals surface area contributed by atoms with E-state index in [1.165, 1.54) is 244 Å². The first-order valence-electron chi connectivity index (χ1n) is 35.3. The van der Waals surface area contributed by atoms with E-state index < -0.39 is 6.10 Å². The SMILES string of the molecule is CCCC/C=C\C/C=C\CCCCCCCC(=O)OCC(COC(=O)CCCCCCCCCCCCCCCC/C=C\C/C=C\C/C=C\CCCCCCC)OC(=O)CCCCCCCCCCCCCCCCCCCCC. The number of rotatable bonds is 65. The molecule has 0 amide bonds. The normalized spacial score (nSPS) is 12.4. The number of hydrogen-bond donors (Lipinski definition) is 0. The van der Waals surface area contributed by atoms with E-state index in [2.05, 4.69) is 81.5 Å². The van der Waals surface area contributed by atoms with Crippen molar-refractivity contribution >= 4 is 17.9 Å². The van der Waals surface area contributed by atoms with E-state index in [-0.39, 0.29) is 31.1 Å². The van der Waals surface area contributed by atoms with Crippen LogP contribution in [0.15, 0.2) is 60.8 Å². The van der Waals surface area contributed by atoms with Gasteiger partial charge in [0.25, 0.3) is 0 Å². The second kappa shape index (κ2) is 68.6. The third-order valence-electron chi connectivity index (χ3n) is 15.7. The Morgan fingerprint density at radius 2 is 0.463 bits per heavy atom. The van der Waals surface area contributed by atoms with Crippen LogP contribution in [0.4, 0.5) is 0 Å². The summed E-state index contributed by atoms with van der Waals surface area (Å²) in [6, 6.07) is 0. The lowest BCUT2D eigenvalue weighted by Gasteiger charge is -2.18. The second-order valence-electron chi connectivity index (χ2n) is 23.8. The molecule has 6 heteroatoms. The number of ether oxygens (including phenoxy) is 3. The van der Waals surface area contributed by atoms with Crippen LogP contribution in [0.2, 0.25) is 0 Å². The molecule has 1 unspecified atom stereocenters. The summed E-state index contributed by atoms with van der Waals surface area (Å²) in [5.41, 5.74) is 0. The lowest BCUT2D eigenvalue weighted by Crippen LogP contribution is -2.30. The average molecular weight is 1120 g/mol. The van der Waals surface area contributed by atoms with Crippen molar-refractivity contribution in [3.8, 4) is 0 Å². The summed E-state index contributed by atoms with van der Waals surface area (Å²) in [5.74, 6) is -0.866. The Hall–Kier alpha value is -2.89. The highest BCUT2D eigenvalue weighted by Gasteiger charge is 2.19. The van der Waals surface area contributed by atoms with Crippen LogP contribution in [0.25, 0.3) is 0 Å². The minimum atomic E-state index is -0.779. The fourth-order valence-electron chi connectivity index (χ4n) is 10.4. The Morgan fingerprint density at radius 1 is 0.250 bits per heavy atom. The highest BCUT2D eigenvalue weighted by atomic mass is 16.6. The zero-order valence-electron chi connectivity index (χ0n) is 53.6. The second-order valence-corrected chi connectivity index (χ2v) is 23.8. The molecule has 0 aromatic rings. The van der Waals surface area contributed by atoms with Crippen LogP contribution in [-0.4, -0.2) is 37.2 Å². The van der Waals surface area contributed by atoms with Crippen LogP contribution in [0, 0.1) is 0 Å². The average Bonchev–Trinajstić information content (AvgIpc) is 3.46. The summed E-state index contributed by atoms with van der Waals surface area (Å²) < 4.78 is 17.0. The fraction of sp³-hybridized carbons (Fsp3) is 0.824. The maximum absolute atomic E-state index is 12.9. The summed E-state index contributed by atoms with van der Waals surface area (Å²) >= 11 is 0. The monoisotopic (exact) mass is 1120 g/mol. The zero-order chi connectivity index (χ0) is 57.8. The first-order chi connectivity index (χ1) is 39.5. The van der Waals surface area contributed by atoms with Crippen molar-refractivity contribution in [2.45, 2.75) is 380 Å². The topological polar surface area (TPSA) is 78.9 Å². The molecule has 0 saturated carbocycles. The molecule has 0 aromatic carbocycles. The third kappa shape index (κ3) is 65.9. The molecule has 0 aliphatic heterocycles. The maximum Gasteiger partial charge on any atom is 0.306 e. The number of esters is 3. The van der Waals surface area contributed by atoms with E-state index in [4.69, 9.17) is 14.2 Å². The molecule has 0 spiro atoms. The van der Waals surface area contributed by atoms with Crippen LogP contribution in [0.3, 0.4) is 0 Å². The molecule has 80 heavy (non-hydrogen) atoms. The molecule has 0 aliphatic rings. The van der Waals surface area contributed by atoms with E-state index in [0.29, 0.717) is 19.3 Å². The highest BCUT2D eigenvalue weighted by Crippen LogP contribution is 2.18. The molecule has 0 aliphatic carbocycles. The van der Waals surface area contributed by atoms with Crippen molar-refractivity contribution in [1.29, 1.82) is 0 Å². The lowest BCUT2D eigenvalue weighted by molar-refractivity contribution is -0.167. The number of carbonyl (C=O) groups is 3. The lowest BCUT2D eigenvalue weighted by atomic mass is 10.0. The standard InChI is InChI=1S/C74H134O6/c1-4-7-10-13-16-19-22-25-28-30-32-33-34-35-36-37-38-39-40-41-43-44-46-49-52-55-58-61-64-67-73(76)79-70-71(69-78-72(75)66-63-60-57-54-51-48-27-24-21-18-15-12-9-6-3)80-74(77)68-65-62-59-56-53-50-47-45-42-31-29-26-23-20-17-14-11-8-5-2/h15,18,22,24-25,27,30,32,34-35,71H,4-14,16-17,19-21,23,26,28-29,31,33,36-70H2,1-3H3/b18-15-,25-22-,27-24-,32-30-,35-34-. The van der Waals surface area contributed by atoms with Gasteiger partial charge >= 0.3 is 17.9 Å². The Kier molecular flexibility index (Phi) is 66.1. The molecule has 0 fully saturated rings. The quantitative estimate of drug-likeness (QED) is 0.0261. The molecule has 0 N–H and O–H groups in total. The minimum Gasteiger partial charge on any atom is -0.462 e. The van der Waals surface area contributed by atoms with Crippen molar-refractivity contribution in [1.82, 2.24) is 0 Å². The van der Waals surface area contributed by atoms with Crippen LogP contribution < -0.4 is 0 Å². The Bertz CT molecular complexity index is 1430. The van der Waals surface area contributed by atoms with Gasteiger partial charge in [-0.3, -0.25) is 14.4 Å². The van der Waals surface area contributed by atoms with E-state index in [1.807, 2.05) is 0 Å². The van der Waals surface area contributed by atoms with Crippen LogP contribution in [0.1, 0.15) is 374 Å². The zero-order valence-corrected chi connectivity index (χ0v) is 53.6. The molecular formula is C74H134O6. The summed E-state index contributed by atoms with van der Waals surface area (Å²) in [6.07, 6.45) is 88.2. The third-order valence-corrected chi connectivity index (χ3v) is 15.7. The van der Waals surface area contributed by atoms with E-state index >= 15 is 0 Å². The van der Waals surface area contributed by atoms with Crippen molar-refractivity contribution in [2.24, 2.45) is 0 Å². The smallest absolute Gasteiger partial charge is 0.306 e. The van der Waals surface area contributed by atoms with Gasteiger partial charge in [0.05, 0.1) is 0 Å². The number of hydrogen-bond acceptors (Lipinski definition) is 6. The van der Waals surface area contributed by atoms with Gasteiger partial charge in [-0.15, -0.1) is 0 Å². The fourth-order valence-corrected chi connectivity index (χ4v) is 10.4. The van der Waals surface area contributed by atoms with Crippen molar-refractivity contribution in [3.05, 3.63) is 60.8 Å². The molecule has 466 valence electrons. The summed E-state index contributed by atoms with van der Waals surface area (Å²) in [5, 5.41) is 0. The van der Waals surface area contributed by atoms with Gasteiger partial charge in [0.15, 0.2) is 6.10 Å². The Balaban J connectivity index is 4.24. The van der Waals surface area contributed by atoms with Crippen LogP contribution in [0.5, 0.6) is 0 Å². The van der Waals surface area contributed by atoms with Gasteiger partial charge in [-0.1, -0.05) is 332 Å². The summed E-state index contributed by atoms with van der Waals surface area (Å²) in [7, 11) is 0. The predicted molar refractivity (Wildman–Crippen MR) is 348 cm³/mol. The van der Waals surface area contributed by atoms with Gasteiger partial charge in [-0.2, -0.15) is 0 Å². The van der Waals surface area contributed by atoms with Crippen LogP contribution in [-0.2, 0) is 28.6 Å². The largest absolute Gasteiger partial charge is 0.462 e. The number of carbonyl (C=O) groups excluding carboxylic acids is 3. The Morgan fingerprint density at radius 3 is 0.738 bits per heavy atom. The highest BCUT2D eigenvalue weighted by molar-refractivity contribution is 5.71. The summed E-state index contributed by atoms with van der Waals surface area (Å²) in [4.78, 5) is 38.4. The molecule has 0 bridgehead atoms. The van der Waals surface area contributed by atoms with Crippen molar-refractivity contribution < 1.29 is 28.6 Å². The predicted octanol–water partition coefficient (Wildman–Crippen LogP) is 24.3. The van der Waals surface area contributed by atoms with Crippen molar-refractivity contribution in [3.63, 3.8) is 0 Å². The summed E-state index contributed by atoms with van der Waals surface area (Å²) in [6.45, 7) is 6.64. The van der Waals surface area contributed by atoms with Gasteiger partial charge in [0.1, 0.15) is 13.2 Å². The molecule has 0 aromatic heterocycles. The van der Waals surface area contributed by atoms with Gasteiger partial charge < -0.3 is 14.2 Å². The van der Waals surface area contributed by atoms with Gasteiger partial charge in [-0.25, -0.2) is 0 Å². The van der Waals surface area contributed by atoms with Gasteiger partial charge in [-0.05, 0) is 83.5 Å². The van der Waals surface area contributed by atoms with Gasteiger partial charge in [0, 0.05) is 19.3 Å². The molecular weight excluding hydrogens is 985 g/mol. The molecule has 6 nitrogen and oxygen atoms in total. The van der Waals surface area contributed by atoms with Crippen molar-refractivity contribution in [2.75, 3.05) is 13.2 Å². The number of unbranched alkanes of at least 4 members (excludes halogenated alkanes) is 44. The first kappa shape index (κ1) is 77.1. The first-order valence-corrected chi connectivity index (χ1v) is 35.3. The number of allylic oxidation sites excluding steroid dienone is 10.